The fraction of sp³-hybridized carbons (Fsp3) is 0.333. The van der Waals surface area contributed by atoms with E-state index < -0.39 is 0 Å². The Morgan fingerprint density at radius 1 is 1.41 bits per heavy atom. The van der Waals surface area contributed by atoms with Crippen molar-refractivity contribution in [3.05, 3.63) is 40.9 Å². The Hall–Kier alpha value is -1.09. The van der Waals surface area contributed by atoms with Gasteiger partial charge >= 0.3 is 0 Å². The first-order valence-corrected chi connectivity index (χ1v) is 7.55. The van der Waals surface area contributed by atoms with Gasteiger partial charge in [0, 0.05) is 23.2 Å². The highest BCUT2D eigenvalue weighted by Crippen LogP contribution is 2.20. The largest absolute Gasteiger partial charge is 0.357 e. The number of hydrogen-bond donors (Lipinski definition) is 3. The number of halogens is 2. The van der Waals surface area contributed by atoms with Gasteiger partial charge in [-0.15, -0.1) is 30.6 Å². The van der Waals surface area contributed by atoms with Gasteiger partial charge in [0.05, 0.1) is 0 Å². The predicted molar refractivity (Wildman–Crippen MR) is 107 cm³/mol. The minimum absolute atomic E-state index is 0. The topological polar surface area (TPSA) is 65.5 Å². The summed E-state index contributed by atoms with van der Waals surface area (Å²) >= 11 is 3.39. The number of amides is 1. The number of nitrogens with zero attached hydrogens (tertiary/aromatic N) is 1. The van der Waals surface area contributed by atoms with E-state index in [2.05, 4.69) is 43.5 Å². The van der Waals surface area contributed by atoms with Gasteiger partial charge in [-0.25, -0.2) is 4.99 Å². The minimum atomic E-state index is -0.160. The lowest BCUT2D eigenvalue weighted by atomic mass is 10.2. The summed E-state index contributed by atoms with van der Waals surface area (Å²) in [5.74, 6) is 0.436. The number of carbonyl (C=O) groups is 1. The number of hydrogen-bond acceptors (Lipinski definition) is 2. The Kier molecular flexibility index (Phi) is 10.9. The van der Waals surface area contributed by atoms with Gasteiger partial charge in [-0.3, -0.25) is 4.79 Å². The molecule has 0 aliphatic rings. The van der Waals surface area contributed by atoms with Gasteiger partial charge < -0.3 is 16.0 Å². The summed E-state index contributed by atoms with van der Waals surface area (Å²) in [5, 5.41) is 8.96. The summed E-state index contributed by atoms with van der Waals surface area (Å²) in [5.41, 5.74) is 1.79. The molecule has 0 unspecified atom stereocenters. The third-order valence-corrected chi connectivity index (χ3v) is 3.11. The predicted octanol–water partition coefficient (Wildman–Crippen LogP) is 3.06. The van der Waals surface area contributed by atoms with Crippen LogP contribution in [-0.2, 0) is 4.79 Å². The number of anilines is 1. The smallest absolute Gasteiger partial charge is 0.246 e. The SMILES string of the molecule is C=CCNC(=NCC(=O)Nc1cc(Br)ccc1C)NCC.I. The Bertz CT molecular complexity index is 534. The van der Waals surface area contributed by atoms with Crippen LogP contribution in [0.3, 0.4) is 0 Å². The fourth-order valence-corrected chi connectivity index (χ4v) is 1.94. The van der Waals surface area contributed by atoms with E-state index in [1.807, 2.05) is 32.0 Å². The molecule has 0 spiro atoms. The average molecular weight is 481 g/mol. The number of nitrogens with one attached hydrogen (secondary N) is 3. The van der Waals surface area contributed by atoms with Crippen LogP contribution in [0.4, 0.5) is 5.69 Å². The standard InChI is InChI=1S/C15H21BrN4O.HI/c1-4-8-18-15(17-5-2)19-10-14(21)20-13-9-12(16)7-6-11(13)3;/h4,6-7,9H,1,5,8,10H2,2-3H3,(H,20,21)(H2,17,18,19);1H. The molecule has 0 atom stereocenters. The molecule has 0 fully saturated rings. The summed E-state index contributed by atoms with van der Waals surface area (Å²) in [6.45, 7) is 8.93. The molecular weight excluding hydrogens is 459 g/mol. The van der Waals surface area contributed by atoms with Gasteiger partial charge in [0.15, 0.2) is 5.96 Å². The number of aliphatic imine (C=N–C) groups is 1. The Balaban J connectivity index is 0.00000441. The Morgan fingerprint density at radius 2 is 2.14 bits per heavy atom. The molecule has 122 valence electrons. The summed E-state index contributed by atoms with van der Waals surface area (Å²) in [4.78, 5) is 16.2. The highest BCUT2D eigenvalue weighted by molar-refractivity contribution is 14.0. The van der Waals surface area contributed by atoms with Gasteiger partial charge in [-0.2, -0.15) is 0 Å². The first kappa shape index (κ1) is 20.9. The highest BCUT2D eigenvalue weighted by Gasteiger charge is 2.05. The monoisotopic (exact) mass is 480 g/mol. The second-order valence-corrected chi connectivity index (χ2v) is 5.29. The fourth-order valence-electron chi connectivity index (χ4n) is 1.58. The van der Waals surface area contributed by atoms with Crippen LogP contribution in [0, 0.1) is 6.92 Å². The van der Waals surface area contributed by atoms with Crippen LogP contribution in [0.15, 0.2) is 40.3 Å². The Morgan fingerprint density at radius 3 is 2.77 bits per heavy atom. The quantitative estimate of drug-likeness (QED) is 0.254. The molecule has 7 heteroatoms. The van der Waals surface area contributed by atoms with E-state index in [1.54, 1.807) is 6.08 Å². The third kappa shape index (κ3) is 7.79. The molecule has 0 aliphatic heterocycles. The lowest BCUT2D eigenvalue weighted by Crippen LogP contribution is -2.38. The van der Waals surface area contributed by atoms with Crippen molar-refractivity contribution < 1.29 is 4.79 Å². The maximum absolute atomic E-state index is 11.9. The van der Waals surface area contributed by atoms with Crippen LogP contribution >= 0.6 is 39.9 Å². The second-order valence-electron chi connectivity index (χ2n) is 4.37. The van der Waals surface area contributed by atoms with Crippen LogP contribution in [-0.4, -0.2) is 31.5 Å². The van der Waals surface area contributed by atoms with Crippen LogP contribution in [0.2, 0.25) is 0 Å². The number of rotatable bonds is 6. The zero-order chi connectivity index (χ0) is 15.7. The van der Waals surface area contributed by atoms with Crippen molar-refractivity contribution in [3.63, 3.8) is 0 Å². The first-order chi connectivity index (χ1) is 10.1. The van der Waals surface area contributed by atoms with Crippen molar-refractivity contribution in [2.45, 2.75) is 13.8 Å². The van der Waals surface area contributed by atoms with E-state index in [-0.39, 0.29) is 36.4 Å². The number of carbonyl (C=O) groups excluding carboxylic acids is 1. The van der Waals surface area contributed by atoms with E-state index in [1.165, 1.54) is 0 Å². The summed E-state index contributed by atoms with van der Waals surface area (Å²) in [7, 11) is 0. The third-order valence-electron chi connectivity index (χ3n) is 2.61. The molecule has 5 nitrogen and oxygen atoms in total. The molecule has 1 amide bonds. The van der Waals surface area contributed by atoms with Gasteiger partial charge in [-0.1, -0.05) is 28.1 Å². The molecule has 3 N–H and O–H groups in total. The summed E-state index contributed by atoms with van der Waals surface area (Å²) in [6.07, 6.45) is 1.73. The number of aryl methyl sites for hydroxylation is 1. The lowest BCUT2D eigenvalue weighted by molar-refractivity contribution is -0.114. The Labute approximate surface area is 157 Å². The summed E-state index contributed by atoms with van der Waals surface area (Å²) < 4.78 is 0.924. The molecule has 0 saturated carbocycles. The molecule has 0 aliphatic carbocycles. The van der Waals surface area contributed by atoms with Crippen molar-refractivity contribution in [2.24, 2.45) is 4.99 Å². The van der Waals surface area contributed by atoms with E-state index in [9.17, 15) is 4.79 Å². The van der Waals surface area contributed by atoms with Crippen LogP contribution in [0.25, 0.3) is 0 Å². The number of benzene rings is 1. The average Bonchev–Trinajstić information content (AvgIpc) is 2.46. The molecular formula is C15H22BrIN4O. The molecule has 0 bridgehead atoms. The van der Waals surface area contributed by atoms with Crippen LogP contribution < -0.4 is 16.0 Å². The van der Waals surface area contributed by atoms with Crippen LogP contribution in [0.1, 0.15) is 12.5 Å². The second kappa shape index (κ2) is 11.5. The molecule has 0 radical (unpaired) electrons. The minimum Gasteiger partial charge on any atom is -0.357 e. The zero-order valence-corrected chi connectivity index (χ0v) is 16.7. The van der Waals surface area contributed by atoms with Crippen molar-refractivity contribution >= 4 is 57.5 Å². The maximum atomic E-state index is 11.9. The zero-order valence-electron chi connectivity index (χ0n) is 12.8. The highest BCUT2D eigenvalue weighted by atomic mass is 127. The molecule has 1 aromatic rings. The maximum Gasteiger partial charge on any atom is 0.246 e. The molecule has 0 heterocycles. The lowest BCUT2D eigenvalue weighted by Gasteiger charge is -2.10. The van der Waals surface area contributed by atoms with Gasteiger partial charge in [0.2, 0.25) is 5.91 Å². The van der Waals surface area contributed by atoms with Gasteiger partial charge in [0.1, 0.15) is 6.54 Å². The molecule has 1 aromatic carbocycles. The van der Waals surface area contributed by atoms with Crippen molar-refractivity contribution in [2.75, 3.05) is 25.0 Å². The molecule has 0 saturated heterocycles. The van der Waals surface area contributed by atoms with E-state index in [0.29, 0.717) is 12.5 Å². The summed E-state index contributed by atoms with van der Waals surface area (Å²) in [6, 6.07) is 5.75. The van der Waals surface area contributed by atoms with E-state index >= 15 is 0 Å². The first-order valence-electron chi connectivity index (χ1n) is 6.76. The van der Waals surface area contributed by atoms with Crippen molar-refractivity contribution in [1.29, 1.82) is 0 Å². The van der Waals surface area contributed by atoms with Gasteiger partial charge in [-0.05, 0) is 31.5 Å². The molecule has 0 aromatic heterocycles. The number of guanidine groups is 1. The van der Waals surface area contributed by atoms with Crippen molar-refractivity contribution in [1.82, 2.24) is 10.6 Å². The van der Waals surface area contributed by atoms with Crippen LogP contribution in [0.5, 0.6) is 0 Å². The van der Waals surface area contributed by atoms with Crippen molar-refractivity contribution in [3.8, 4) is 0 Å². The molecule has 1 rings (SSSR count). The van der Waals surface area contributed by atoms with E-state index in [4.69, 9.17) is 0 Å². The van der Waals surface area contributed by atoms with Gasteiger partial charge in [0.25, 0.3) is 0 Å². The van der Waals surface area contributed by atoms with E-state index in [0.717, 1.165) is 22.3 Å². The normalized spacial score (nSPS) is 10.4. The molecule has 22 heavy (non-hydrogen) atoms.